The van der Waals surface area contributed by atoms with Crippen molar-refractivity contribution in [1.82, 2.24) is 5.32 Å². The summed E-state index contributed by atoms with van der Waals surface area (Å²) in [5.41, 5.74) is 8.41. The highest BCUT2D eigenvalue weighted by molar-refractivity contribution is 6.14. The summed E-state index contributed by atoms with van der Waals surface area (Å²) in [7, 11) is 1.86. The molecule has 1 heterocycles. The Morgan fingerprint density at radius 2 is 1.74 bits per heavy atom. The fourth-order valence-electron chi connectivity index (χ4n) is 9.29. The number of benzene rings is 2. The molecule has 0 aromatic heterocycles. The van der Waals surface area contributed by atoms with Crippen molar-refractivity contribution in [2.45, 2.75) is 96.9 Å². The smallest absolute Gasteiger partial charge is 0.133 e. The van der Waals surface area contributed by atoms with Crippen molar-refractivity contribution < 1.29 is 0 Å². The van der Waals surface area contributed by atoms with E-state index < -0.39 is 0 Å². The van der Waals surface area contributed by atoms with E-state index >= 15 is 0 Å². The predicted molar refractivity (Wildman–Crippen MR) is 213 cm³/mol. The van der Waals surface area contributed by atoms with Gasteiger partial charge in [0.15, 0.2) is 0 Å². The molecule has 1 aliphatic heterocycles. The number of nitrogens with one attached hydrogen (secondary N) is 1. The van der Waals surface area contributed by atoms with Gasteiger partial charge in [-0.2, -0.15) is 0 Å². The number of allylic oxidation sites excluding steroid dienone is 5. The van der Waals surface area contributed by atoms with Crippen LogP contribution in [-0.2, 0) is 6.42 Å². The highest BCUT2D eigenvalue weighted by Crippen LogP contribution is 2.49. The number of dihydropyridines is 1. The lowest BCUT2D eigenvalue weighted by molar-refractivity contribution is 0.124. The van der Waals surface area contributed by atoms with E-state index in [1.807, 2.05) is 19.3 Å². The van der Waals surface area contributed by atoms with Crippen LogP contribution in [0.3, 0.4) is 0 Å². The van der Waals surface area contributed by atoms with Crippen molar-refractivity contribution >= 4 is 23.5 Å². The quantitative estimate of drug-likeness (QED) is 0.222. The summed E-state index contributed by atoms with van der Waals surface area (Å²) in [6.45, 7) is 5.41. The lowest BCUT2D eigenvalue weighted by Gasteiger charge is -2.44. The number of aliphatic imine (C=N–C) groups is 3. The van der Waals surface area contributed by atoms with Crippen molar-refractivity contribution in [2.75, 3.05) is 13.6 Å². The predicted octanol–water partition coefficient (Wildman–Crippen LogP) is 10.7. The van der Waals surface area contributed by atoms with Crippen molar-refractivity contribution in [1.29, 1.82) is 0 Å². The Kier molecular flexibility index (Phi) is 10.6. The number of hydrogen-bond donors (Lipinski definition) is 1. The normalized spacial score (nSPS) is 28.0. The second-order valence-electron chi connectivity index (χ2n) is 15.9. The number of amidine groups is 2. The van der Waals surface area contributed by atoms with E-state index in [9.17, 15) is 0 Å². The molecule has 7 rings (SSSR count). The van der Waals surface area contributed by atoms with E-state index in [1.54, 1.807) is 0 Å². The number of rotatable bonds is 8. The average molecular weight is 665 g/mol. The Balaban J connectivity index is 1.05. The molecule has 0 saturated heterocycles. The van der Waals surface area contributed by atoms with Gasteiger partial charge in [-0.05, 0) is 109 Å². The molecule has 260 valence electrons. The van der Waals surface area contributed by atoms with Gasteiger partial charge in [0.25, 0.3) is 0 Å². The molecule has 1 fully saturated rings. The minimum atomic E-state index is 0.132. The first-order chi connectivity index (χ1) is 24.4. The summed E-state index contributed by atoms with van der Waals surface area (Å²) in [5.74, 6) is 3.08. The SMILES string of the molecule is CN=C(NC(=NCC1=CCC(C2(Cc3ccc(C4=CCCC5(C)C=CC=NC45)cc3)CCCCC2)C=C1)C1=CCCC(C)C1)c1ccccc1. The lowest BCUT2D eigenvalue weighted by Crippen LogP contribution is -2.35. The maximum Gasteiger partial charge on any atom is 0.133 e. The molecule has 0 radical (unpaired) electrons. The van der Waals surface area contributed by atoms with Crippen LogP contribution in [0.5, 0.6) is 0 Å². The van der Waals surface area contributed by atoms with Crippen LogP contribution in [0.25, 0.3) is 5.57 Å². The van der Waals surface area contributed by atoms with E-state index in [4.69, 9.17) is 9.98 Å². The van der Waals surface area contributed by atoms with Gasteiger partial charge in [-0.1, -0.05) is 124 Å². The van der Waals surface area contributed by atoms with E-state index in [1.165, 1.54) is 72.8 Å². The third-order valence-electron chi connectivity index (χ3n) is 12.3. The van der Waals surface area contributed by atoms with Crippen molar-refractivity contribution in [3.05, 3.63) is 125 Å². The van der Waals surface area contributed by atoms with Gasteiger partial charge in [0, 0.05) is 24.2 Å². The van der Waals surface area contributed by atoms with E-state index in [0.29, 0.717) is 23.8 Å². The minimum absolute atomic E-state index is 0.132. The molecule has 4 heteroatoms. The van der Waals surface area contributed by atoms with Gasteiger partial charge in [0.05, 0.1) is 12.6 Å². The average Bonchev–Trinajstić information content (AvgIpc) is 3.16. The Morgan fingerprint density at radius 3 is 2.48 bits per heavy atom. The largest absolute Gasteiger partial charge is 0.325 e. The third kappa shape index (κ3) is 7.65. The molecule has 4 atom stereocenters. The first kappa shape index (κ1) is 34.4. The second-order valence-corrected chi connectivity index (χ2v) is 15.9. The van der Waals surface area contributed by atoms with Crippen LogP contribution < -0.4 is 5.32 Å². The Hall–Kier alpha value is -4.05. The summed E-state index contributed by atoms with van der Waals surface area (Å²) in [5, 5.41) is 3.65. The van der Waals surface area contributed by atoms with Gasteiger partial charge in [-0.3, -0.25) is 15.0 Å². The lowest BCUT2D eigenvalue weighted by atomic mass is 9.61. The first-order valence-corrected chi connectivity index (χ1v) is 19.4. The molecule has 2 aromatic carbocycles. The van der Waals surface area contributed by atoms with Crippen molar-refractivity contribution in [3.8, 4) is 0 Å². The number of fused-ring (bicyclic) bond motifs is 1. The fourth-order valence-corrected chi connectivity index (χ4v) is 9.29. The summed E-state index contributed by atoms with van der Waals surface area (Å²) in [6, 6.07) is 20.2. The maximum absolute atomic E-state index is 5.24. The van der Waals surface area contributed by atoms with Gasteiger partial charge in [0.1, 0.15) is 11.7 Å². The molecule has 2 aromatic rings. The van der Waals surface area contributed by atoms with E-state index in [2.05, 4.69) is 115 Å². The van der Waals surface area contributed by atoms with Crippen LogP contribution >= 0.6 is 0 Å². The molecule has 50 heavy (non-hydrogen) atoms. The first-order valence-electron chi connectivity index (χ1n) is 19.4. The zero-order valence-electron chi connectivity index (χ0n) is 30.6. The number of nitrogens with zero attached hydrogens (tertiary/aromatic N) is 3. The van der Waals surface area contributed by atoms with Crippen LogP contribution in [0.2, 0.25) is 0 Å². The molecule has 0 bridgehead atoms. The summed E-state index contributed by atoms with van der Waals surface area (Å²) < 4.78 is 0. The van der Waals surface area contributed by atoms with Gasteiger partial charge in [-0.25, -0.2) is 0 Å². The molecule has 4 unspecified atom stereocenters. The summed E-state index contributed by atoms with van der Waals surface area (Å²) in [4.78, 5) is 14.8. The van der Waals surface area contributed by atoms with Crippen LogP contribution in [-0.4, -0.2) is 37.5 Å². The molecule has 4 aliphatic carbocycles. The van der Waals surface area contributed by atoms with Crippen molar-refractivity contribution in [2.24, 2.45) is 37.6 Å². The van der Waals surface area contributed by atoms with Crippen LogP contribution in [0.4, 0.5) is 0 Å². The highest BCUT2D eigenvalue weighted by atomic mass is 15.1. The molecule has 4 nitrogen and oxygen atoms in total. The maximum atomic E-state index is 5.24. The monoisotopic (exact) mass is 664 g/mol. The zero-order chi connectivity index (χ0) is 34.4. The highest BCUT2D eigenvalue weighted by Gasteiger charge is 2.40. The van der Waals surface area contributed by atoms with Gasteiger partial charge >= 0.3 is 0 Å². The Morgan fingerprint density at radius 1 is 0.920 bits per heavy atom. The van der Waals surface area contributed by atoms with Crippen molar-refractivity contribution in [3.63, 3.8) is 0 Å². The molecular weight excluding hydrogens is 609 g/mol. The number of hydrogen-bond acceptors (Lipinski definition) is 3. The Labute approximate surface area is 301 Å². The van der Waals surface area contributed by atoms with E-state index in [0.717, 1.165) is 49.3 Å². The summed E-state index contributed by atoms with van der Waals surface area (Å²) >= 11 is 0. The van der Waals surface area contributed by atoms with Gasteiger partial charge in [0.2, 0.25) is 0 Å². The molecule has 0 amide bonds. The van der Waals surface area contributed by atoms with Crippen LogP contribution in [0, 0.1) is 22.7 Å². The third-order valence-corrected chi connectivity index (χ3v) is 12.3. The van der Waals surface area contributed by atoms with E-state index in [-0.39, 0.29) is 11.5 Å². The van der Waals surface area contributed by atoms with Gasteiger partial charge < -0.3 is 5.32 Å². The van der Waals surface area contributed by atoms with Gasteiger partial charge in [-0.15, -0.1) is 0 Å². The minimum Gasteiger partial charge on any atom is -0.325 e. The van der Waals surface area contributed by atoms with Crippen LogP contribution in [0.1, 0.15) is 101 Å². The molecule has 1 saturated carbocycles. The summed E-state index contributed by atoms with van der Waals surface area (Å²) in [6.07, 6.45) is 33.4. The molecule has 1 N–H and O–H groups in total. The second kappa shape index (κ2) is 15.5. The topological polar surface area (TPSA) is 49.1 Å². The standard InChI is InChI=1S/C46H56N4/c1-34-13-10-16-39(31-34)44(50-43(47-3)38-14-6-4-7-15-38)49-33-36-20-24-40(25-21-36)46(28-8-5-9-29-46)32-35-18-22-37(23-19-35)41-17-11-26-45(2)27-12-30-48-42(41)45/h4,6-7,12,14-24,27,30,34,40,42H,5,8-11,13,25-26,28-29,31-33H2,1-3H3,(H,47,49,50). The fraction of sp³-hybridized carbons (Fsp3) is 0.457. The molecule has 5 aliphatic rings. The van der Waals surface area contributed by atoms with Crippen LogP contribution in [0.15, 0.2) is 123 Å². The molecule has 0 spiro atoms. The molecular formula is C46H56N4. The zero-order valence-corrected chi connectivity index (χ0v) is 30.6. The Bertz CT molecular complexity index is 1740.